The summed E-state index contributed by atoms with van der Waals surface area (Å²) in [6, 6.07) is 7.26. The van der Waals surface area contributed by atoms with Gasteiger partial charge in [0.2, 0.25) is 0 Å². The molecule has 0 saturated heterocycles. The summed E-state index contributed by atoms with van der Waals surface area (Å²) in [7, 11) is 0. The van der Waals surface area contributed by atoms with Crippen LogP contribution in [0.2, 0.25) is 0 Å². The summed E-state index contributed by atoms with van der Waals surface area (Å²) >= 11 is 0. The number of nitrogens with zero attached hydrogens (tertiary/aromatic N) is 3. The fourth-order valence-corrected chi connectivity index (χ4v) is 1.44. The number of aliphatic hydroxyl groups is 1. The van der Waals surface area contributed by atoms with Crippen LogP contribution < -0.4 is 4.84 Å². The van der Waals surface area contributed by atoms with Gasteiger partial charge >= 0.3 is 5.97 Å². The summed E-state index contributed by atoms with van der Waals surface area (Å²) in [5, 5.41) is 17.4. The molecule has 7 heteroatoms. The zero-order chi connectivity index (χ0) is 14.5. The maximum absolute atomic E-state index is 11.2. The molecule has 20 heavy (non-hydrogen) atoms. The smallest absolute Gasteiger partial charge is 0.333 e. The molecule has 0 radical (unpaired) electrons. The average Bonchev–Trinajstić information content (AvgIpc) is 2.85. The van der Waals surface area contributed by atoms with E-state index in [1.807, 2.05) is 12.1 Å². The molecule has 0 saturated carbocycles. The number of benzene rings is 1. The van der Waals surface area contributed by atoms with Gasteiger partial charge in [0.15, 0.2) is 0 Å². The van der Waals surface area contributed by atoms with Crippen LogP contribution in [-0.2, 0) is 9.53 Å². The normalized spacial score (nSPS) is 12.1. The minimum Gasteiger partial charge on any atom is -0.459 e. The minimum absolute atomic E-state index is 0.0726. The summed E-state index contributed by atoms with van der Waals surface area (Å²) in [6.45, 7) is 4.74. The fourth-order valence-electron chi connectivity index (χ4n) is 1.44. The first-order valence-corrected chi connectivity index (χ1v) is 6.02. The van der Waals surface area contributed by atoms with Crippen molar-refractivity contribution in [2.75, 3.05) is 13.2 Å². The number of hydrogen-bond donors (Lipinski definition) is 1. The Morgan fingerprint density at radius 3 is 2.95 bits per heavy atom. The van der Waals surface area contributed by atoms with E-state index in [0.29, 0.717) is 11.0 Å². The number of esters is 1. The summed E-state index contributed by atoms with van der Waals surface area (Å²) in [5.41, 5.74) is 1.66. The lowest BCUT2D eigenvalue weighted by Crippen LogP contribution is -2.29. The molecule has 0 fully saturated rings. The predicted octanol–water partition coefficient (Wildman–Crippen LogP) is 0.340. The van der Waals surface area contributed by atoms with Crippen LogP contribution in [-0.4, -0.2) is 45.6 Å². The molecule has 0 bridgehead atoms. The van der Waals surface area contributed by atoms with Crippen molar-refractivity contribution in [3.8, 4) is 0 Å². The number of carbonyl (C=O) groups excluding carboxylic acids is 1. The quantitative estimate of drug-likeness (QED) is 0.605. The van der Waals surface area contributed by atoms with E-state index in [9.17, 15) is 9.90 Å². The molecule has 1 aromatic heterocycles. The lowest BCUT2D eigenvalue weighted by atomic mass is 10.3. The van der Waals surface area contributed by atoms with Crippen molar-refractivity contribution in [2.24, 2.45) is 0 Å². The van der Waals surface area contributed by atoms with Crippen LogP contribution in [0.3, 0.4) is 0 Å². The number of rotatable bonds is 6. The van der Waals surface area contributed by atoms with Gasteiger partial charge in [-0.2, -0.15) is 0 Å². The molecule has 1 N–H and O–H groups in total. The summed E-state index contributed by atoms with van der Waals surface area (Å²) in [4.78, 5) is 17.7. The number of fused-ring (bicyclic) bond motifs is 1. The van der Waals surface area contributed by atoms with E-state index in [-0.39, 0.29) is 18.8 Å². The van der Waals surface area contributed by atoms with Gasteiger partial charge in [-0.05, 0) is 24.3 Å². The van der Waals surface area contributed by atoms with Crippen LogP contribution in [0.15, 0.2) is 36.4 Å². The lowest BCUT2D eigenvalue weighted by molar-refractivity contribution is -0.143. The van der Waals surface area contributed by atoms with Crippen molar-refractivity contribution in [3.05, 3.63) is 36.4 Å². The Bertz CT molecular complexity index is 623. The molecule has 0 aliphatic carbocycles. The van der Waals surface area contributed by atoms with Crippen LogP contribution in [0.5, 0.6) is 0 Å². The summed E-state index contributed by atoms with van der Waals surface area (Å²) in [5.74, 6) is -0.546. The maximum atomic E-state index is 11.2. The van der Waals surface area contributed by atoms with Crippen LogP contribution in [0.25, 0.3) is 11.0 Å². The Morgan fingerprint density at radius 1 is 1.45 bits per heavy atom. The number of hydrogen-bond acceptors (Lipinski definition) is 6. The second-order valence-corrected chi connectivity index (χ2v) is 4.28. The largest absolute Gasteiger partial charge is 0.459 e. The van der Waals surface area contributed by atoms with E-state index in [4.69, 9.17) is 9.57 Å². The molecule has 1 unspecified atom stereocenters. The molecule has 1 heterocycles. The standard InChI is InChI=1S/C13H15N3O4/c1-9(2)13(18)19-7-10(17)8-20-16-12-6-4-3-5-11(12)14-15-16/h3-6,10,17H,1,7-8H2,2H3. The van der Waals surface area contributed by atoms with Crippen LogP contribution in [0.1, 0.15) is 6.92 Å². The van der Waals surface area contributed by atoms with Crippen molar-refractivity contribution in [3.63, 3.8) is 0 Å². The second kappa shape index (κ2) is 6.16. The van der Waals surface area contributed by atoms with Gasteiger partial charge in [0.05, 0.1) is 0 Å². The predicted molar refractivity (Wildman–Crippen MR) is 70.8 cm³/mol. The van der Waals surface area contributed by atoms with Crippen molar-refractivity contribution in [2.45, 2.75) is 13.0 Å². The first-order valence-electron chi connectivity index (χ1n) is 6.02. The fraction of sp³-hybridized carbons (Fsp3) is 0.308. The highest BCUT2D eigenvalue weighted by Gasteiger charge is 2.11. The first kappa shape index (κ1) is 14.0. The van der Waals surface area contributed by atoms with Crippen LogP contribution >= 0.6 is 0 Å². The van der Waals surface area contributed by atoms with E-state index >= 15 is 0 Å². The number of aliphatic hydroxyl groups excluding tert-OH is 1. The highest BCUT2D eigenvalue weighted by atomic mass is 16.7. The lowest BCUT2D eigenvalue weighted by Gasteiger charge is -2.12. The van der Waals surface area contributed by atoms with Gasteiger partial charge in [-0.25, -0.2) is 4.79 Å². The Kier molecular flexibility index (Phi) is 4.31. The molecule has 1 atom stereocenters. The highest BCUT2D eigenvalue weighted by Crippen LogP contribution is 2.08. The van der Waals surface area contributed by atoms with Gasteiger partial charge in [0.25, 0.3) is 0 Å². The molecule has 2 aromatic rings. The third kappa shape index (κ3) is 3.33. The number of carbonyl (C=O) groups is 1. The molecule has 1 aromatic carbocycles. The Balaban J connectivity index is 1.86. The monoisotopic (exact) mass is 277 g/mol. The summed E-state index contributed by atoms with van der Waals surface area (Å²) < 4.78 is 4.81. The molecular formula is C13H15N3O4. The van der Waals surface area contributed by atoms with Gasteiger partial charge in [0.1, 0.15) is 30.4 Å². The van der Waals surface area contributed by atoms with Crippen LogP contribution in [0.4, 0.5) is 0 Å². The number of ether oxygens (including phenoxy) is 1. The second-order valence-electron chi connectivity index (χ2n) is 4.28. The Hall–Kier alpha value is -2.41. The maximum Gasteiger partial charge on any atom is 0.333 e. The van der Waals surface area contributed by atoms with Crippen LogP contribution in [0, 0.1) is 0 Å². The molecule has 0 spiro atoms. The van der Waals surface area contributed by atoms with E-state index in [1.54, 1.807) is 12.1 Å². The molecule has 0 amide bonds. The Morgan fingerprint density at radius 2 is 2.20 bits per heavy atom. The zero-order valence-electron chi connectivity index (χ0n) is 11.0. The number of para-hydroxylation sites is 1. The van der Waals surface area contributed by atoms with Crippen molar-refractivity contribution >= 4 is 17.0 Å². The van der Waals surface area contributed by atoms with Gasteiger partial charge in [-0.1, -0.05) is 23.6 Å². The first-order chi connectivity index (χ1) is 9.58. The SMILES string of the molecule is C=C(C)C(=O)OCC(O)COn1nnc2ccccc21. The van der Waals surface area contributed by atoms with E-state index in [2.05, 4.69) is 16.9 Å². The molecule has 7 nitrogen and oxygen atoms in total. The van der Waals surface area contributed by atoms with Gasteiger partial charge in [-0.15, -0.1) is 5.10 Å². The van der Waals surface area contributed by atoms with Crippen molar-refractivity contribution in [1.82, 2.24) is 15.2 Å². The zero-order valence-corrected chi connectivity index (χ0v) is 11.0. The number of aromatic nitrogens is 3. The van der Waals surface area contributed by atoms with E-state index in [0.717, 1.165) is 0 Å². The topological polar surface area (TPSA) is 86.5 Å². The van der Waals surface area contributed by atoms with Gasteiger partial charge < -0.3 is 14.7 Å². The van der Waals surface area contributed by atoms with E-state index < -0.39 is 12.1 Å². The molecule has 106 valence electrons. The molecule has 2 rings (SSSR count). The third-order valence-electron chi connectivity index (χ3n) is 2.47. The summed E-state index contributed by atoms with van der Waals surface area (Å²) in [6.07, 6.45) is -0.957. The third-order valence-corrected chi connectivity index (χ3v) is 2.47. The van der Waals surface area contributed by atoms with E-state index in [1.165, 1.54) is 11.8 Å². The van der Waals surface area contributed by atoms with Gasteiger partial charge in [-0.3, -0.25) is 0 Å². The Labute approximate surface area is 115 Å². The van der Waals surface area contributed by atoms with Crippen molar-refractivity contribution in [1.29, 1.82) is 0 Å². The molecular weight excluding hydrogens is 262 g/mol. The highest BCUT2D eigenvalue weighted by molar-refractivity contribution is 5.86. The minimum atomic E-state index is -0.957. The van der Waals surface area contributed by atoms with Crippen molar-refractivity contribution < 1.29 is 19.5 Å². The average molecular weight is 277 g/mol. The molecule has 0 aliphatic heterocycles. The molecule has 0 aliphatic rings. The van der Waals surface area contributed by atoms with Gasteiger partial charge in [0, 0.05) is 5.57 Å².